The van der Waals surface area contributed by atoms with Crippen LogP contribution in [0.25, 0.3) is 0 Å². The molecule has 1 atom stereocenters. The second kappa shape index (κ2) is 8.74. The standard InChI is InChI=1S/C20H25NO4/c1-22-19-9-8-16(12-20(19)23-2)13-21-10-11-24-18(14-21)15-25-17-6-4-3-5-7-17/h3-9,12,18H,10-11,13-15H2,1-2H3/t18-/m0/s1. The van der Waals surface area contributed by atoms with Crippen LogP contribution in [0.15, 0.2) is 48.5 Å². The lowest BCUT2D eigenvalue weighted by atomic mass is 10.1. The third kappa shape index (κ3) is 4.87. The van der Waals surface area contributed by atoms with Crippen molar-refractivity contribution >= 4 is 0 Å². The Morgan fingerprint density at radius 2 is 1.84 bits per heavy atom. The molecule has 0 bridgehead atoms. The van der Waals surface area contributed by atoms with Crippen LogP contribution >= 0.6 is 0 Å². The molecule has 0 aromatic heterocycles. The van der Waals surface area contributed by atoms with Gasteiger partial charge in [0, 0.05) is 19.6 Å². The Bertz CT molecular complexity index is 662. The summed E-state index contributed by atoms with van der Waals surface area (Å²) in [6.07, 6.45) is 0.0779. The minimum Gasteiger partial charge on any atom is -0.493 e. The van der Waals surface area contributed by atoms with E-state index in [1.54, 1.807) is 14.2 Å². The third-order valence-corrected chi connectivity index (χ3v) is 4.26. The lowest BCUT2D eigenvalue weighted by Gasteiger charge is -2.32. The van der Waals surface area contributed by atoms with Crippen molar-refractivity contribution in [3.05, 3.63) is 54.1 Å². The number of hydrogen-bond donors (Lipinski definition) is 0. The van der Waals surface area contributed by atoms with E-state index >= 15 is 0 Å². The van der Waals surface area contributed by atoms with E-state index < -0.39 is 0 Å². The number of nitrogens with zero attached hydrogens (tertiary/aromatic N) is 1. The summed E-state index contributed by atoms with van der Waals surface area (Å²) in [4.78, 5) is 2.38. The minimum atomic E-state index is 0.0779. The zero-order chi connectivity index (χ0) is 17.5. The highest BCUT2D eigenvalue weighted by molar-refractivity contribution is 5.42. The smallest absolute Gasteiger partial charge is 0.161 e. The molecule has 1 fully saturated rings. The second-order valence-corrected chi connectivity index (χ2v) is 6.04. The number of hydrogen-bond acceptors (Lipinski definition) is 5. The normalized spacial score (nSPS) is 17.9. The van der Waals surface area contributed by atoms with Gasteiger partial charge in [-0.1, -0.05) is 24.3 Å². The van der Waals surface area contributed by atoms with E-state index in [4.69, 9.17) is 18.9 Å². The molecule has 0 N–H and O–H groups in total. The van der Waals surface area contributed by atoms with E-state index in [1.165, 1.54) is 5.56 Å². The largest absolute Gasteiger partial charge is 0.493 e. The summed E-state index contributed by atoms with van der Waals surface area (Å²) >= 11 is 0. The minimum absolute atomic E-state index is 0.0779. The van der Waals surface area contributed by atoms with Crippen LogP contribution in [0.3, 0.4) is 0 Å². The van der Waals surface area contributed by atoms with Crippen molar-refractivity contribution in [3.8, 4) is 17.2 Å². The van der Waals surface area contributed by atoms with E-state index in [0.717, 1.165) is 43.5 Å². The summed E-state index contributed by atoms with van der Waals surface area (Å²) in [6, 6.07) is 15.9. The fourth-order valence-corrected chi connectivity index (χ4v) is 2.97. The molecule has 5 heteroatoms. The van der Waals surface area contributed by atoms with Crippen LogP contribution in [0.5, 0.6) is 17.2 Å². The van der Waals surface area contributed by atoms with Gasteiger partial charge in [0.05, 0.1) is 20.8 Å². The number of para-hydroxylation sites is 1. The quantitative estimate of drug-likeness (QED) is 0.773. The summed E-state index contributed by atoms with van der Waals surface area (Å²) in [6.45, 7) is 3.89. The zero-order valence-corrected chi connectivity index (χ0v) is 14.8. The molecule has 0 aliphatic carbocycles. The molecule has 134 valence electrons. The van der Waals surface area contributed by atoms with E-state index in [-0.39, 0.29) is 6.10 Å². The number of ether oxygens (including phenoxy) is 4. The Balaban J connectivity index is 1.54. The maximum absolute atomic E-state index is 5.84. The molecule has 0 saturated carbocycles. The molecule has 2 aromatic carbocycles. The van der Waals surface area contributed by atoms with Gasteiger partial charge >= 0.3 is 0 Å². The van der Waals surface area contributed by atoms with Gasteiger partial charge in [-0.05, 0) is 29.8 Å². The highest BCUT2D eigenvalue weighted by atomic mass is 16.5. The van der Waals surface area contributed by atoms with Crippen molar-refractivity contribution in [2.24, 2.45) is 0 Å². The van der Waals surface area contributed by atoms with Crippen LogP contribution < -0.4 is 14.2 Å². The van der Waals surface area contributed by atoms with Gasteiger partial charge in [0.1, 0.15) is 18.5 Å². The molecule has 0 amide bonds. The summed E-state index contributed by atoms with van der Waals surface area (Å²) in [5, 5.41) is 0. The summed E-state index contributed by atoms with van der Waals surface area (Å²) in [5.74, 6) is 2.39. The van der Waals surface area contributed by atoms with Gasteiger partial charge in [0.2, 0.25) is 0 Å². The van der Waals surface area contributed by atoms with Gasteiger partial charge in [-0.2, -0.15) is 0 Å². The van der Waals surface area contributed by atoms with E-state index in [2.05, 4.69) is 11.0 Å². The lowest BCUT2D eigenvalue weighted by molar-refractivity contribution is -0.0504. The first-order chi connectivity index (χ1) is 12.3. The number of morpholine rings is 1. The average Bonchev–Trinajstić information content (AvgIpc) is 2.67. The molecular weight excluding hydrogens is 318 g/mol. The molecule has 0 radical (unpaired) electrons. The molecule has 0 unspecified atom stereocenters. The van der Waals surface area contributed by atoms with Crippen molar-refractivity contribution in [1.82, 2.24) is 4.90 Å². The lowest BCUT2D eigenvalue weighted by Crippen LogP contribution is -2.44. The maximum atomic E-state index is 5.84. The Labute approximate surface area is 149 Å². The molecule has 1 heterocycles. The fourth-order valence-electron chi connectivity index (χ4n) is 2.97. The predicted octanol–water partition coefficient (Wildman–Crippen LogP) is 2.98. The first-order valence-electron chi connectivity index (χ1n) is 8.51. The zero-order valence-electron chi connectivity index (χ0n) is 14.8. The Hall–Kier alpha value is -2.24. The first kappa shape index (κ1) is 17.6. The average molecular weight is 343 g/mol. The highest BCUT2D eigenvalue weighted by Gasteiger charge is 2.21. The molecule has 5 nitrogen and oxygen atoms in total. The predicted molar refractivity (Wildman–Crippen MR) is 96.5 cm³/mol. The van der Waals surface area contributed by atoms with E-state index in [1.807, 2.05) is 42.5 Å². The van der Waals surface area contributed by atoms with Crippen molar-refractivity contribution in [2.45, 2.75) is 12.6 Å². The molecular formula is C20H25NO4. The second-order valence-electron chi connectivity index (χ2n) is 6.04. The number of rotatable bonds is 7. The van der Waals surface area contributed by atoms with Gasteiger partial charge in [-0.25, -0.2) is 0 Å². The molecule has 0 spiro atoms. The van der Waals surface area contributed by atoms with Crippen LogP contribution in [0.1, 0.15) is 5.56 Å². The maximum Gasteiger partial charge on any atom is 0.161 e. The van der Waals surface area contributed by atoms with E-state index in [9.17, 15) is 0 Å². The number of methoxy groups -OCH3 is 2. The van der Waals surface area contributed by atoms with Gasteiger partial charge in [0.15, 0.2) is 11.5 Å². The van der Waals surface area contributed by atoms with Crippen LogP contribution in [0.2, 0.25) is 0 Å². The summed E-state index contributed by atoms with van der Waals surface area (Å²) in [5.41, 5.74) is 1.20. The Morgan fingerprint density at radius 1 is 1.04 bits per heavy atom. The van der Waals surface area contributed by atoms with Gasteiger partial charge in [0.25, 0.3) is 0 Å². The van der Waals surface area contributed by atoms with Crippen LogP contribution in [-0.2, 0) is 11.3 Å². The Morgan fingerprint density at radius 3 is 2.60 bits per heavy atom. The summed E-state index contributed by atoms with van der Waals surface area (Å²) < 4.78 is 22.3. The number of benzene rings is 2. The van der Waals surface area contributed by atoms with Crippen LogP contribution in [0, 0.1) is 0 Å². The van der Waals surface area contributed by atoms with Gasteiger partial charge in [-0.15, -0.1) is 0 Å². The monoisotopic (exact) mass is 343 g/mol. The highest BCUT2D eigenvalue weighted by Crippen LogP contribution is 2.28. The van der Waals surface area contributed by atoms with Gasteiger partial charge < -0.3 is 18.9 Å². The molecule has 2 aromatic rings. The fraction of sp³-hybridized carbons (Fsp3) is 0.400. The molecule has 1 saturated heterocycles. The van der Waals surface area contributed by atoms with Gasteiger partial charge in [-0.3, -0.25) is 4.90 Å². The molecule has 3 rings (SSSR count). The molecule has 25 heavy (non-hydrogen) atoms. The van der Waals surface area contributed by atoms with E-state index in [0.29, 0.717) is 6.61 Å². The van der Waals surface area contributed by atoms with Crippen molar-refractivity contribution < 1.29 is 18.9 Å². The topological polar surface area (TPSA) is 40.2 Å². The van der Waals surface area contributed by atoms with Crippen LogP contribution in [0.4, 0.5) is 0 Å². The first-order valence-corrected chi connectivity index (χ1v) is 8.51. The van der Waals surface area contributed by atoms with Crippen molar-refractivity contribution in [1.29, 1.82) is 0 Å². The van der Waals surface area contributed by atoms with Crippen molar-refractivity contribution in [3.63, 3.8) is 0 Å². The third-order valence-electron chi connectivity index (χ3n) is 4.26. The molecule has 1 aliphatic heterocycles. The van der Waals surface area contributed by atoms with Crippen LogP contribution in [-0.4, -0.2) is 51.5 Å². The Kier molecular flexibility index (Phi) is 6.14. The SMILES string of the molecule is COc1ccc(CN2CCO[C@H](COc3ccccc3)C2)cc1OC. The molecule has 1 aliphatic rings. The van der Waals surface area contributed by atoms with Crippen molar-refractivity contribution in [2.75, 3.05) is 40.5 Å². The summed E-state index contributed by atoms with van der Waals surface area (Å²) in [7, 11) is 3.31.